The van der Waals surface area contributed by atoms with Gasteiger partial charge in [-0.2, -0.15) is 0 Å². The van der Waals surface area contributed by atoms with Gasteiger partial charge in [0.25, 0.3) is 0 Å². The van der Waals surface area contributed by atoms with Crippen molar-refractivity contribution < 1.29 is 69.1 Å². The van der Waals surface area contributed by atoms with Crippen LogP contribution in [0.25, 0.3) is 0 Å². The third-order valence-electron chi connectivity index (χ3n) is 2.61. The molecule has 0 amide bonds. The number of benzene rings is 2. The van der Waals surface area contributed by atoms with E-state index in [1.807, 2.05) is 6.07 Å². The molecule has 0 radical (unpaired) electrons. The van der Waals surface area contributed by atoms with E-state index in [4.69, 9.17) is 16.3 Å². The van der Waals surface area contributed by atoms with E-state index >= 15 is 0 Å². The van der Waals surface area contributed by atoms with Crippen LogP contribution in [-0.4, -0.2) is 6.98 Å². The topological polar surface area (TPSA) is 9.23 Å². The first-order valence-electron chi connectivity index (χ1n) is 5.63. The van der Waals surface area contributed by atoms with E-state index in [-0.39, 0.29) is 58.0 Å². The van der Waals surface area contributed by atoms with E-state index in [2.05, 4.69) is 0 Å². The molecule has 0 heterocycles. The molecule has 0 aliphatic heterocycles. The average Bonchev–Trinajstić information content (AvgIpc) is 2.37. The van der Waals surface area contributed by atoms with Gasteiger partial charge in [-0.1, -0.05) is 41.9 Å². The first-order valence-corrected chi connectivity index (χ1v) is 6.01. The van der Waals surface area contributed by atoms with Crippen molar-refractivity contribution in [1.29, 1.82) is 0 Å². The number of rotatable bonds is 4. The average molecular weight is 325 g/mol. The van der Waals surface area contributed by atoms with Gasteiger partial charge in [-0.05, 0) is 18.2 Å². The van der Waals surface area contributed by atoms with E-state index < -0.39 is 12.4 Å². The molecule has 0 atom stereocenters. The van der Waals surface area contributed by atoms with Gasteiger partial charge in [-0.3, -0.25) is 0 Å². The SMILES string of the molecule is F[B-](F)(F)c1ccc(OCc2ccccc2Cl)cc1.[K+]. The molecule has 1 nitrogen and oxygen atoms in total. The molecule has 0 spiro atoms. The molecule has 0 N–H and O–H groups in total. The Kier molecular flexibility index (Phi) is 7.11. The van der Waals surface area contributed by atoms with Crippen molar-refractivity contribution in [3.05, 3.63) is 59.1 Å². The van der Waals surface area contributed by atoms with E-state index in [0.717, 1.165) is 17.7 Å². The number of halogens is 4. The Bertz CT molecular complexity index is 560. The van der Waals surface area contributed by atoms with Crippen molar-refractivity contribution in [2.75, 3.05) is 0 Å². The van der Waals surface area contributed by atoms with Crippen molar-refractivity contribution in [2.45, 2.75) is 6.61 Å². The molecule has 2 aromatic carbocycles. The molecule has 0 saturated carbocycles. The maximum atomic E-state index is 12.4. The second kappa shape index (κ2) is 7.87. The zero-order valence-corrected chi connectivity index (χ0v) is 14.7. The van der Waals surface area contributed by atoms with Gasteiger partial charge in [0.2, 0.25) is 0 Å². The van der Waals surface area contributed by atoms with Gasteiger partial charge in [0.15, 0.2) is 0 Å². The molecular formula is C13H10BClF3KO. The zero-order chi connectivity index (χ0) is 13.9. The third kappa shape index (κ3) is 5.09. The minimum Gasteiger partial charge on any atom is -0.489 e. The fourth-order valence-corrected chi connectivity index (χ4v) is 1.75. The minimum atomic E-state index is -4.96. The zero-order valence-electron chi connectivity index (χ0n) is 10.8. The molecule has 20 heavy (non-hydrogen) atoms. The minimum absolute atomic E-state index is 0. The van der Waals surface area contributed by atoms with Crippen LogP contribution in [0.4, 0.5) is 12.9 Å². The van der Waals surface area contributed by atoms with Crippen LogP contribution < -0.4 is 61.6 Å². The van der Waals surface area contributed by atoms with Gasteiger partial charge in [0.05, 0.1) is 0 Å². The van der Waals surface area contributed by atoms with Crippen LogP contribution in [0.5, 0.6) is 5.75 Å². The van der Waals surface area contributed by atoms with Gasteiger partial charge >= 0.3 is 58.4 Å². The second-order valence-electron chi connectivity index (χ2n) is 4.02. The predicted molar refractivity (Wildman–Crippen MR) is 70.9 cm³/mol. The molecule has 2 rings (SSSR count). The van der Waals surface area contributed by atoms with Crippen molar-refractivity contribution in [3.8, 4) is 5.75 Å². The quantitative estimate of drug-likeness (QED) is 0.762. The smallest absolute Gasteiger partial charge is 0.489 e. The Balaban J connectivity index is 0.00000200. The summed E-state index contributed by atoms with van der Waals surface area (Å²) < 4.78 is 42.7. The summed E-state index contributed by atoms with van der Waals surface area (Å²) in [5.41, 5.74) is 0.151. The molecule has 0 aliphatic carbocycles. The van der Waals surface area contributed by atoms with Crippen LogP contribution in [0.1, 0.15) is 5.56 Å². The van der Waals surface area contributed by atoms with Crippen LogP contribution in [0, 0.1) is 0 Å². The Morgan fingerprint density at radius 1 is 0.950 bits per heavy atom. The summed E-state index contributed by atoms with van der Waals surface area (Å²) in [7, 11) is 0. The summed E-state index contributed by atoms with van der Waals surface area (Å²) in [6.07, 6.45) is 0. The van der Waals surface area contributed by atoms with Crippen molar-refractivity contribution in [1.82, 2.24) is 0 Å². The second-order valence-corrected chi connectivity index (χ2v) is 4.43. The summed E-state index contributed by atoms with van der Waals surface area (Å²) in [4.78, 5) is 0. The molecular weight excluding hydrogens is 314 g/mol. The Morgan fingerprint density at radius 2 is 1.55 bits per heavy atom. The first kappa shape index (κ1) is 18.1. The van der Waals surface area contributed by atoms with Crippen LogP contribution in [0.3, 0.4) is 0 Å². The maximum absolute atomic E-state index is 12.4. The summed E-state index contributed by atoms with van der Waals surface area (Å²) >= 11 is 5.95. The number of hydrogen-bond donors (Lipinski definition) is 0. The Labute approximate surface area is 162 Å². The van der Waals surface area contributed by atoms with Gasteiger partial charge in [-0.25, -0.2) is 0 Å². The van der Waals surface area contributed by atoms with Crippen molar-refractivity contribution >= 4 is 24.0 Å². The predicted octanol–water partition coefficient (Wildman–Crippen LogP) is 0.977. The number of hydrogen-bond acceptors (Lipinski definition) is 1. The van der Waals surface area contributed by atoms with Gasteiger partial charge < -0.3 is 17.7 Å². The summed E-state index contributed by atoms with van der Waals surface area (Å²) in [6, 6.07) is 11.8. The number of ether oxygens (including phenoxy) is 1. The Hall–Kier alpha value is 0.0213. The fraction of sp³-hybridized carbons (Fsp3) is 0.0769. The molecule has 0 aromatic heterocycles. The molecule has 0 bridgehead atoms. The van der Waals surface area contributed by atoms with Gasteiger partial charge in [-0.15, -0.1) is 5.46 Å². The van der Waals surface area contributed by atoms with Gasteiger partial charge in [0.1, 0.15) is 12.4 Å². The van der Waals surface area contributed by atoms with Crippen LogP contribution in [0.15, 0.2) is 48.5 Å². The molecule has 0 unspecified atom stereocenters. The third-order valence-corrected chi connectivity index (χ3v) is 2.98. The standard InChI is InChI=1S/C13H10BClF3O.K/c15-13-4-2-1-3-10(13)9-19-12-7-5-11(6-8-12)14(16,17)18;/h1-8H,9H2;/q-1;+1. The van der Waals surface area contributed by atoms with Gasteiger partial charge in [0, 0.05) is 10.6 Å². The van der Waals surface area contributed by atoms with Crippen LogP contribution in [-0.2, 0) is 6.61 Å². The molecule has 100 valence electrons. The maximum Gasteiger partial charge on any atom is 1.00 e. The molecule has 0 saturated heterocycles. The normalized spacial score (nSPS) is 10.8. The van der Waals surface area contributed by atoms with Crippen molar-refractivity contribution in [2.24, 2.45) is 0 Å². The summed E-state index contributed by atoms with van der Waals surface area (Å²) in [5.74, 6) is 0.378. The van der Waals surface area contributed by atoms with Crippen LogP contribution in [0.2, 0.25) is 5.02 Å². The van der Waals surface area contributed by atoms with Crippen LogP contribution >= 0.6 is 11.6 Å². The van der Waals surface area contributed by atoms with E-state index in [0.29, 0.717) is 10.8 Å². The molecule has 7 heteroatoms. The molecule has 0 fully saturated rings. The van der Waals surface area contributed by atoms with E-state index in [9.17, 15) is 12.9 Å². The van der Waals surface area contributed by atoms with E-state index in [1.165, 1.54) is 12.1 Å². The molecule has 0 aliphatic rings. The molecule has 2 aromatic rings. The largest absolute Gasteiger partial charge is 1.00 e. The fourth-order valence-electron chi connectivity index (χ4n) is 1.56. The monoisotopic (exact) mass is 324 g/mol. The first-order chi connectivity index (χ1) is 8.97. The summed E-state index contributed by atoms with van der Waals surface area (Å²) in [5, 5.41) is 0.567. The summed E-state index contributed by atoms with van der Waals surface area (Å²) in [6.45, 7) is -4.74. The van der Waals surface area contributed by atoms with Crippen molar-refractivity contribution in [3.63, 3.8) is 0 Å². The Morgan fingerprint density at radius 3 is 2.10 bits per heavy atom. The van der Waals surface area contributed by atoms with E-state index in [1.54, 1.807) is 18.2 Å².